The summed E-state index contributed by atoms with van der Waals surface area (Å²) in [6.07, 6.45) is 4.77. The van der Waals surface area contributed by atoms with Crippen LogP contribution in [0.2, 0.25) is 0 Å². The molecule has 1 aliphatic rings. The summed E-state index contributed by atoms with van der Waals surface area (Å²) in [4.78, 5) is 14.2. The zero-order valence-corrected chi connectivity index (χ0v) is 13.3. The molecule has 0 bridgehead atoms. The van der Waals surface area contributed by atoms with Crippen molar-refractivity contribution in [2.45, 2.75) is 19.3 Å². The first kappa shape index (κ1) is 16.0. The Morgan fingerprint density at radius 1 is 1.09 bits per heavy atom. The smallest absolute Gasteiger partial charge is 0.192 e. The van der Waals surface area contributed by atoms with Crippen molar-refractivity contribution in [3.05, 3.63) is 40.8 Å². The third-order valence-corrected chi connectivity index (χ3v) is 4.12. The van der Waals surface area contributed by atoms with Gasteiger partial charge in [-0.25, -0.2) is 0 Å². The van der Waals surface area contributed by atoms with Crippen LogP contribution in [0.15, 0.2) is 39.7 Å². The SMILES string of the molecule is O=c1ccoc2ccc(OCCCCCN3CCOCC3)cc12. The first-order chi connectivity index (χ1) is 11.3. The molecule has 0 spiro atoms. The van der Waals surface area contributed by atoms with Gasteiger partial charge in [-0.1, -0.05) is 0 Å². The fraction of sp³-hybridized carbons (Fsp3) is 0.500. The van der Waals surface area contributed by atoms with Crippen molar-refractivity contribution in [1.29, 1.82) is 0 Å². The zero-order valence-electron chi connectivity index (χ0n) is 13.3. The van der Waals surface area contributed by atoms with Gasteiger partial charge in [-0.05, 0) is 44.0 Å². The van der Waals surface area contributed by atoms with Crippen LogP contribution in [0.25, 0.3) is 11.0 Å². The molecule has 1 saturated heterocycles. The number of hydrogen-bond donors (Lipinski definition) is 0. The van der Waals surface area contributed by atoms with E-state index in [1.807, 2.05) is 6.07 Å². The van der Waals surface area contributed by atoms with Gasteiger partial charge >= 0.3 is 0 Å². The number of fused-ring (bicyclic) bond motifs is 1. The Kier molecular flexibility index (Phi) is 5.66. The molecule has 5 nitrogen and oxygen atoms in total. The summed E-state index contributed by atoms with van der Waals surface area (Å²) in [7, 11) is 0. The summed E-state index contributed by atoms with van der Waals surface area (Å²) in [5.41, 5.74) is 0.553. The van der Waals surface area contributed by atoms with Gasteiger partial charge in [-0.2, -0.15) is 0 Å². The molecule has 5 heteroatoms. The number of morpholine rings is 1. The van der Waals surface area contributed by atoms with Crippen LogP contribution in [0.5, 0.6) is 5.75 Å². The molecule has 0 unspecified atom stereocenters. The predicted molar refractivity (Wildman–Crippen MR) is 89.1 cm³/mol. The molecule has 0 amide bonds. The minimum absolute atomic E-state index is 0.0396. The van der Waals surface area contributed by atoms with Gasteiger partial charge < -0.3 is 13.9 Å². The normalized spacial score (nSPS) is 15.8. The van der Waals surface area contributed by atoms with E-state index in [2.05, 4.69) is 4.90 Å². The second kappa shape index (κ2) is 8.13. The Morgan fingerprint density at radius 3 is 2.83 bits per heavy atom. The number of benzene rings is 1. The maximum absolute atomic E-state index is 11.8. The molecular weight excluding hydrogens is 294 g/mol. The van der Waals surface area contributed by atoms with Crippen LogP contribution in [0.3, 0.4) is 0 Å². The van der Waals surface area contributed by atoms with Crippen molar-refractivity contribution in [2.24, 2.45) is 0 Å². The molecule has 0 N–H and O–H groups in total. The van der Waals surface area contributed by atoms with Gasteiger partial charge in [-0.15, -0.1) is 0 Å². The van der Waals surface area contributed by atoms with E-state index >= 15 is 0 Å². The van der Waals surface area contributed by atoms with Crippen molar-refractivity contribution in [2.75, 3.05) is 39.5 Å². The quantitative estimate of drug-likeness (QED) is 0.735. The summed E-state index contributed by atoms with van der Waals surface area (Å²) in [5, 5.41) is 0.567. The fourth-order valence-corrected chi connectivity index (χ4v) is 2.78. The molecule has 0 saturated carbocycles. The minimum Gasteiger partial charge on any atom is -0.494 e. The summed E-state index contributed by atoms with van der Waals surface area (Å²) < 4.78 is 16.4. The molecule has 1 aromatic heterocycles. The maximum Gasteiger partial charge on any atom is 0.192 e. The lowest BCUT2D eigenvalue weighted by molar-refractivity contribution is 0.0370. The van der Waals surface area contributed by atoms with Crippen molar-refractivity contribution in [3.8, 4) is 5.75 Å². The Morgan fingerprint density at radius 2 is 1.96 bits per heavy atom. The third-order valence-electron chi connectivity index (χ3n) is 4.12. The highest BCUT2D eigenvalue weighted by Gasteiger charge is 2.09. The van der Waals surface area contributed by atoms with Crippen LogP contribution in [0.4, 0.5) is 0 Å². The second-order valence-corrected chi connectivity index (χ2v) is 5.81. The van der Waals surface area contributed by atoms with Gasteiger partial charge in [0, 0.05) is 19.2 Å². The van der Waals surface area contributed by atoms with E-state index in [0.29, 0.717) is 17.6 Å². The topological polar surface area (TPSA) is 51.9 Å². The predicted octanol–water partition coefficient (Wildman–Crippen LogP) is 2.67. The van der Waals surface area contributed by atoms with E-state index in [-0.39, 0.29) is 5.43 Å². The number of ether oxygens (including phenoxy) is 2. The highest BCUT2D eigenvalue weighted by atomic mass is 16.5. The minimum atomic E-state index is -0.0396. The Hall–Kier alpha value is -1.85. The Bertz CT molecular complexity index is 676. The molecule has 0 radical (unpaired) electrons. The van der Waals surface area contributed by atoms with Gasteiger partial charge in [0.25, 0.3) is 0 Å². The molecule has 124 valence electrons. The molecule has 1 aromatic carbocycles. The van der Waals surface area contributed by atoms with Gasteiger partial charge in [0.1, 0.15) is 11.3 Å². The van der Waals surface area contributed by atoms with Crippen molar-refractivity contribution in [3.63, 3.8) is 0 Å². The molecule has 0 aliphatic carbocycles. The standard InChI is InChI=1S/C18H23NO4/c20-17-6-11-23-18-5-4-15(14-16(17)18)22-10-3-1-2-7-19-8-12-21-13-9-19/h4-6,11,14H,1-3,7-10,12-13H2. The summed E-state index contributed by atoms with van der Waals surface area (Å²) in [6.45, 7) is 5.64. The highest BCUT2D eigenvalue weighted by molar-refractivity contribution is 5.77. The largest absolute Gasteiger partial charge is 0.494 e. The zero-order chi connectivity index (χ0) is 15.9. The van der Waals surface area contributed by atoms with Crippen molar-refractivity contribution in [1.82, 2.24) is 4.90 Å². The van der Waals surface area contributed by atoms with E-state index in [1.165, 1.54) is 18.8 Å². The van der Waals surface area contributed by atoms with Gasteiger partial charge in [0.2, 0.25) is 0 Å². The van der Waals surface area contributed by atoms with Crippen LogP contribution >= 0.6 is 0 Å². The van der Waals surface area contributed by atoms with Crippen LogP contribution < -0.4 is 10.2 Å². The fourth-order valence-electron chi connectivity index (χ4n) is 2.78. The number of hydrogen-bond acceptors (Lipinski definition) is 5. The summed E-state index contributed by atoms with van der Waals surface area (Å²) >= 11 is 0. The number of unbranched alkanes of at least 4 members (excludes halogenated alkanes) is 2. The van der Waals surface area contributed by atoms with E-state index in [0.717, 1.165) is 51.4 Å². The third kappa shape index (κ3) is 4.56. The Balaban J connectivity index is 1.39. The molecule has 23 heavy (non-hydrogen) atoms. The molecule has 2 heterocycles. The van der Waals surface area contributed by atoms with Crippen molar-refractivity contribution >= 4 is 11.0 Å². The molecule has 0 atom stereocenters. The first-order valence-corrected chi connectivity index (χ1v) is 8.27. The Labute approximate surface area is 135 Å². The lowest BCUT2D eigenvalue weighted by Gasteiger charge is -2.26. The van der Waals surface area contributed by atoms with Crippen LogP contribution in [-0.4, -0.2) is 44.4 Å². The summed E-state index contributed by atoms with van der Waals surface area (Å²) in [6, 6.07) is 6.82. The van der Waals surface area contributed by atoms with Crippen molar-refractivity contribution < 1.29 is 13.9 Å². The van der Waals surface area contributed by atoms with E-state index in [9.17, 15) is 4.79 Å². The van der Waals surface area contributed by atoms with E-state index < -0.39 is 0 Å². The van der Waals surface area contributed by atoms with Gasteiger partial charge in [-0.3, -0.25) is 9.69 Å². The maximum atomic E-state index is 11.8. The lowest BCUT2D eigenvalue weighted by atomic mass is 10.2. The monoisotopic (exact) mass is 317 g/mol. The molecule has 3 rings (SSSR count). The van der Waals surface area contributed by atoms with Crippen LogP contribution in [0, 0.1) is 0 Å². The van der Waals surface area contributed by atoms with Gasteiger partial charge in [0.15, 0.2) is 5.43 Å². The second-order valence-electron chi connectivity index (χ2n) is 5.81. The van der Waals surface area contributed by atoms with Crippen LogP contribution in [-0.2, 0) is 4.74 Å². The molecule has 1 aliphatic heterocycles. The lowest BCUT2D eigenvalue weighted by Crippen LogP contribution is -2.36. The van der Waals surface area contributed by atoms with E-state index in [1.54, 1.807) is 12.1 Å². The molecule has 1 fully saturated rings. The molecule has 2 aromatic rings. The van der Waals surface area contributed by atoms with Gasteiger partial charge in [0.05, 0.1) is 31.5 Å². The highest BCUT2D eigenvalue weighted by Crippen LogP contribution is 2.18. The number of rotatable bonds is 7. The summed E-state index contributed by atoms with van der Waals surface area (Å²) in [5.74, 6) is 0.726. The first-order valence-electron chi connectivity index (χ1n) is 8.27. The number of nitrogens with zero attached hydrogens (tertiary/aromatic N) is 1. The average Bonchev–Trinajstić information content (AvgIpc) is 2.59. The molecular formula is C18H23NO4. The van der Waals surface area contributed by atoms with Crippen LogP contribution in [0.1, 0.15) is 19.3 Å². The average molecular weight is 317 g/mol. The van der Waals surface area contributed by atoms with E-state index in [4.69, 9.17) is 13.9 Å².